The zero-order valence-corrected chi connectivity index (χ0v) is 22.5. The third-order valence-corrected chi connectivity index (χ3v) is 6.08. The van der Waals surface area contributed by atoms with Crippen LogP contribution in [0.25, 0.3) is 6.08 Å². The van der Waals surface area contributed by atoms with Crippen molar-refractivity contribution in [3.05, 3.63) is 124 Å². The number of rotatable bonds is 11. The molecule has 0 unspecified atom stereocenters. The van der Waals surface area contributed by atoms with Crippen molar-refractivity contribution in [2.75, 3.05) is 11.9 Å². The van der Waals surface area contributed by atoms with Crippen LogP contribution in [0.15, 0.2) is 96.6 Å². The molecule has 0 heterocycles. The molecule has 0 aliphatic rings. The largest absolute Gasteiger partial charge is 0.490 e. The lowest BCUT2D eigenvalue weighted by molar-refractivity contribution is -0.112. The number of ether oxygens (including phenoxy) is 3. The van der Waals surface area contributed by atoms with Crippen molar-refractivity contribution in [2.45, 2.75) is 20.1 Å². The molecule has 0 radical (unpaired) electrons. The average Bonchev–Trinajstić information content (AvgIpc) is 2.97. The molecule has 0 bridgehead atoms. The lowest BCUT2D eigenvalue weighted by atomic mass is 10.1. The van der Waals surface area contributed by atoms with Gasteiger partial charge >= 0.3 is 0 Å². The van der Waals surface area contributed by atoms with Gasteiger partial charge in [-0.2, -0.15) is 5.26 Å². The number of benzene rings is 4. The maximum atomic E-state index is 13.2. The summed E-state index contributed by atoms with van der Waals surface area (Å²) in [6.45, 7) is 2.77. The van der Waals surface area contributed by atoms with Gasteiger partial charge in [0, 0.05) is 16.3 Å². The van der Waals surface area contributed by atoms with Gasteiger partial charge in [0.05, 0.1) is 6.61 Å². The number of hydrogen-bond acceptors (Lipinski definition) is 5. The van der Waals surface area contributed by atoms with E-state index in [9.17, 15) is 14.4 Å². The molecule has 8 heteroatoms. The second-order valence-electron chi connectivity index (χ2n) is 8.58. The molecule has 40 heavy (non-hydrogen) atoms. The zero-order chi connectivity index (χ0) is 28.3. The minimum atomic E-state index is -0.554. The number of hydrogen-bond donors (Lipinski definition) is 1. The highest BCUT2D eigenvalue weighted by Crippen LogP contribution is 2.30. The van der Waals surface area contributed by atoms with Gasteiger partial charge in [-0.1, -0.05) is 48.0 Å². The van der Waals surface area contributed by atoms with Crippen molar-refractivity contribution in [3.8, 4) is 23.3 Å². The van der Waals surface area contributed by atoms with Crippen LogP contribution in [0.2, 0.25) is 5.02 Å². The lowest BCUT2D eigenvalue weighted by Crippen LogP contribution is -2.13. The van der Waals surface area contributed by atoms with Crippen LogP contribution in [0.5, 0.6) is 17.2 Å². The van der Waals surface area contributed by atoms with Gasteiger partial charge in [-0.25, -0.2) is 4.39 Å². The first-order valence-electron chi connectivity index (χ1n) is 12.5. The molecule has 0 fully saturated rings. The Morgan fingerprint density at radius 3 is 2.38 bits per heavy atom. The summed E-state index contributed by atoms with van der Waals surface area (Å²) >= 11 is 6.17. The Morgan fingerprint density at radius 2 is 1.68 bits per heavy atom. The van der Waals surface area contributed by atoms with E-state index >= 15 is 0 Å². The first-order chi connectivity index (χ1) is 19.4. The minimum Gasteiger partial charge on any atom is -0.490 e. The molecule has 4 aromatic rings. The normalized spacial score (nSPS) is 10.9. The summed E-state index contributed by atoms with van der Waals surface area (Å²) in [7, 11) is 0. The third-order valence-electron chi connectivity index (χ3n) is 5.72. The molecule has 4 aromatic carbocycles. The van der Waals surface area contributed by atoms with Gasteiger partial charge in [0.2, 0.25) is 0 Å². The quantitative estimate of drug-likeness (QED) is 0.152. The van der Waals surface area contributed by atoms with Crippen LogP contribution in [-0.2, 0) is 18.0 Å². The molecular weight excluding hydrogens is 531 g/mol. The fourth-order valence-corrected chi connectivity index (χ4v) is 3.86. The Bertz CT molecular complexity index is 1530. The number of carbonyl (C=O) groups is 1. The van der Waals surface area contributed by atoms with E-state index in [-0.39, 0.29) is 18.0 Å². The number of nitrogens with one attached hydrogen (secondary N) is 1. The molecule has 0 aromatic heterocycles. The minimum absolute atomic E-state index is 0.0820. The molecule has 0 spiro atoms. The summed E-state index contributed by atoms with van der Waals surface area (Å²) in [5.74, 6) is 0.690. The maximum Gasteiger partial charge on any atom is 0.266 e. The predicted molar refractivity (Wildman–Crippen MR) is 153 cm³/mol. The Hall–Kier alpha value is -4.80. The van der Waals surface area contributed by atoms with Crippen molar-refractivity contribution in [1.29, 1.82) is 5.26 Å². The highest BCUT2D eigenvalue weighted by Gasteiger charge is 2.12. The molecule has 0 aliphatic carbocycles. The van der Waals surface area contributed by atoms with Crippen LogP contribution in [0, 0.1) is 17.1 Å². The Labute approximate surface area is 237 Å². The summed E-state index contributed by atoms with van der Waals surface area (Å²) < 4.78 is 30.5. The standard InChI is InChI=1S/C32H26ClFN2O4/c1-2-38-31-18-23(9-16-30(31)40-20-22-7-10-26(34)11-8-22)17-25(19-35)32(37)36-27-12-14-28(15-13-27)39-21-24-5-3-4-6-29(24)33/h3-18H,2,20-21H2,1H3,(H,36,37)/b25-17+. The smallest absolute Gasteiger partial charge is 0.266 e. The van der Waals surface area contributed by atoms with Crippen LogP contribution in [-0.4, -0.2) is 12.5 Å². The van der Waals surface area contributed by atoms with E-state index in [2.05, 4.69) is 5.32 Å². The molecule has 202 valence electrons. The Kier molecular flexibility index (Phi) is 9.76. The summed E-state index contributed by atoms with van der Waals surface area (Å²) in [6, 6.07) is 27.4. The van der Waals surface area contributed by atoms with Crippen molar-refractivity contribution in [3.63, 3.8) is 0 Å². The molecule has 0 atom stereocenters. The SMILES string of the molecule is CCOc1cc(/C=C(\C#N)C(=O)Nc2ccc(OCc3ccccc3Cl)cc2)ccc1OCc1ccc(F)cc1. The van der Waals surface area contributed by atoms with Gasteiger partial charge in [-0.3, -0.25) is 4.79 Å². The first-order valence-corrected chi connectivity index (χ1v) is 12.9. The predicted octanol–water partition coefficient (Wildman–Crippen LogP) is 7.58. The van der Waals surface area contributed by atoms with Gasteiger partial charge in [-0.05, 0) is 78.7 Å². The van der Waals surface area contributed by atoms with E-state index in [0.717, 1.165) is 11.1 Å². The van der Waals surface area contributed by atoms with Crippen LogP contribution in [0.4, 0.5) is 10.1 Å². The summed E-state index contributed by atoms with van der Waals surface area (Å²) in [6.07, 6.45) is 1.47. The number of amides is 1. The molecule has 6 nitrogen and oxygen atoms in total. The highest BCUT2D eigenvalue weighted by atomic mass is 35.5. The van der Waals surface area contributed by atoms with Crippen LogP contribution in [0.3, 0.4) is 0 Å². The summed E-state index contributed by atoms with van der Waals surface area (Å²) in [4.78, 5) is 12.8. The lowest BCUT2D eigenvalue weighted by Gasteiger charge is -2.13. The highest BCUT2D eigenvalue weighted by molar-refractivity contribution is 6.31. The monoisotopic (exact) mass is 556 g/mol. The average molecular weight is 557 g/mol. The number of carbonyl (C=O) groups excluding carboxylic acids is 1. The zero-order valence-electron chi connectivity index (χ0n) is 21.7. The van der Waals surface area contributed by atoms with E-state index in [0.29, 0.717) is 46.7 Å². The number of nitriles is 1. The van der Waals surface area contributed by atoms with Crippen molar-refractivity contribution >= 4 is 29.3 Å². The van der Waals surface area contributed by atoms with Gasteiger partial charge in [-0.15, -0.1) is 0 Å². The van der Waals surface area contributed by atoms with Crippen LogP contribution in [0.1, 0.15) is 23.6 Å². The van der Waals surface area contributed by atoms with Gasteiger partial charge in [0.1, 0.15) is 36.4 Å². The molecule has 1 N–H and O–H groups in total. The molecule has 0 saturated carbocycles. The van der Waals surface area contributed by atoms with E-state index in [4.69, 9.17) is 25.8 Å². The molecular formula is C32H26ClFN2O4. The number of anilines is 1. The fourth-order valence-electron chi connectivity index (χ4n) is 3.67. The van der Waals surface area contributed by atoms with E-state index in [1.54, 1.807) is 60.7 Å². The molecule has 1 amide bonds. The second-order valence-corrected chi connectivity index (χ2v) is 8.99. The molecule has 0 saturated heterocycles. The Morgan fingerprint density at radius 1 is 0.925 bits per heavy atom. The molecule has 0 aliphatic heterocycles. The van der Waals surface area contributed by atoms with E-state index in [1.807, 2.05) is 31.2 Å². The first kappa shape index (κ1) is 28.2. The van der Waals surface area contributed by atoms with Crippen molar-refractivity contribution in [1.82, 2.24) is 0 Å². The van der Waals surface area contributed by atoms with Gasteiger partial charge in [0.15, 0.2) is 11.5 Å². The van der Waals surface area contributed by atoms with Crippen molar-refractivity contribution in [2.24, 2.45) is 0 Å². The fraction of sp³-hybridized carbons (Fsp3) is 0.125. The van der Waals surface area contributed by atoms with E-state index < -0.39 is 5.91 Å². The van der Waals surface area contributed by atoms with Gasteiger partial charge < -0.3 is 19.5 Å². The van der Waals surface area contributed by atoms with Gasteiger partial charge in [0.25, 0.3) is 5.91 Å². The molecule has 4 rings (SSSR count). The van der Waals surface area contributed by atoms with Crippen LogP contribution < -0.4 is 19.5 Å². The van der Waals surface area contributed by atoms with Crippen LogP contribution >= 0.6 is 11.6 Å². The topological polar surface area (TPSA) is 80.6 Å². The van der Waals surface area contributed by atoms with E-state index in [1.165, 1.54) is 18.2 Å². The number of halogens is 2. The maximum absolute atomic E-state index is 13.2. The summed E-state index contributed by atoms with van der Waals surface area (Å²) in [5, 5.41) is 13.0. The third kappa shape index (κ3) is 7.85. The summed E-state index contributed by atoms with van der Waals surface area (Å²) in [5.41, 5.74) is 2.69. The number of nitrogens with zero attached hydrogens (tertiary/aromatic N) is 1. The van der Waals surface area contributed by atoms with Crippen molar-refractivity contribution < 1.29 is 23.4 Å². The Balaban J connectivity index is 1.40. The second kappa shape index (κ2) is 13.8.